The van der Waals surface area contributed by atoms with Gasteiger partial charge >= 0.3 is 0 Å². The fourth-order valence-corrected chi connectivity index (χ4v) is 3.59. The normalized spacial score (nSPS) is 14.0. The number of benzene rings is 1. The highest BCUT2D eigenvalue weighted by Gasteiger charge is 2.30. The largest absolute Gasteiger partial charge is 0.496 e. The number of nitrogens with zero attached hydrogens (tertiary/aromatic N) is 3. The average molecular weight is 331 g/mol. The van der Waals surface area contributed by atoms with Crippen molar-refractivity contribution >= 4 is 17.5 Å². The van der Waals surface area contributed by atoms with Gasteiger partial charge in [-0.25, -0.2) is 0 Å². The molecule has 0 saturated heterocycles. The molecule has 5 nitrogen and oxygen atoms in total. The van der Waals surface area contributed by atoms with Gasteiger partial charge in [0.05, 0.1) is 7.11 Å². The predicted octanol–water partition coefficient (Wildman–Crippen LogP) is 3.68. The highest BCUT2D eigenvalue weighted by molar-refractivity contribution is 7.98. The van der Waals surface area contributed by atoms with E-state index in [9.17, 15) is 4.79 Å². The molecule has 0 atom stereocenters. The Bertz CT molecular complexity index is 723. The minimum Gasteiger partial charge on any atom is -0.496 e. The van der Waals surface area contributed by atoms with Gasteiger partial charge < -0.3 is 9.30 Å². The van der Waals surface area contributed by atoms with E-state index < -0.39 is 0 Å². The molecule has 1 heterocycles. The summed E-state index contributed by atoms with van der Waals surface area (Å²) in [6, 6.07) is 5.56. The van der Waals surface area contributed by atoms with E-state index in [1.165, 1.54) is 12.8 Å². The van der Waals surface area contributed by atoms with Crippen LogP contribution >= 0.6 is 11.8 Å². The number of hydrogen-bond donors (Lipinski definition) is 0. The average Bonchev–Trinajstić information content (AvgIpc) is 3.32. The Hall–Kier alpha value is -1.82. The second-order valence-corrected chi connectivity index (χ2v) is 6.67. The van der Waals surface area contributed by atoms with Gasteiger partial charge in [-0.15, -0.1) is 10.2 Å². The first-order valence-corrected chi connectivity index (χ1v) is 8.86. The lowest BCUT2D eigenvalue weighted by atomic mass is 10.1. The first-order chi connectivity index (χ1) is 11.1. The third kappa shape index (κ3) is 3.42. The smallest absolute Gasteiger partial charge is 0.191 e. The summed E-state index contributed by atoms with van der Waals surface area (Å²) < 4.78 is 7.61. The minimum absolute atomic E-state index is 0.0617. The van der Waals surface area contributed by atoms with Crippen LogP contribution in [0.1, 0.15) is 54.4 Å². The molecule has 0 spiro atoms. The van der Waals surface area contributed by atoms with Crippen molar-refractivity contribution in [2.75, 3.05) is 7.11 Å². The highest BCUT2D eigenvalue weighted by Crippen LogP contribution is 2.40. The molecule has 2 aromatic rings. The summed E-state index contributed by atoms with van der Waals surface area (Å²) in [5, 5.41) is 9.64. The number of carbonyl (C=O) groups is 1. The molecular formula is C17H21N3O2S. The van der Waals surface area contributed by atoms with E-state index in [0.29, 0.717) is 17.2 Å². The number of aromatic nitrogens is 3. The van der Waals surface area contributed by atoms with Gasteiger partial charge in [0.2, 0.25) is 0 Å². The molecule has 0 amide bonds. The second-order valence-electron chi connectivity index (χ2n) is 5.73. The zero-order valence-corrected chi connectivity index (χ0v) is 14.5. The Morgan fingerprint density at radius 1 is 1.39 bits per heavy atom. The monoisotopic (exact) mass is 331 g/mol. The number of rotatable bonds is 7. The lowest BCUT2D eigenvalue weighted by Crippen LogP contribution is -2.02. The maximum Gasteiger partial charge on any atom is 0.191 e. The topological polar surface area (TPSA) is 57.0 Å². The second kappa shape index (κ2) is 6.74. The van der Waals surface area contributed by atoms with Crippen LogP contribution in [-0.4, -0.2) is 27.7 Å². The molecule has 1 aliphatic rings. The number of methoxy groups -OCH3 is 1. The van der Waals surface area contributed by atoms with Gasteiger partial charge in [0.25, 0.3) is 0 Å². The molecule has 0 N–H and O–H groups in total. The van der Waals surface area contributed by atoms with Crippen LogP contribution in [0.25, 0.3) is 0 Å². The summed E-state index contributed by atoms with van der Waals surface area (Å²) in [5.41, 5.74) is 1.71. The van der Waals surface area contributed by atoms with E-state index in [1.807, 2.05) is 12.1 Å². The quantitative estimate of drug-likeness (QED) is 0.572. The van der Waals surface area contributed by atoms with Gasteiger partial charge in [-0.05, 0) is 44.9 Å². The first-order valence-electron chi connectivity index (χ1n) is 7.87. The zero-order chi connectivity index (χ0) is 16.4. The van der Waals surface area contributed by atoms with Gasteiger partial charge in [0, 0.05) is 29.3 Å². The molecule has 1 aliphatic carbocycles. The Labute approximate surface area is 140 Å². The third-order valence-electron chi connectivity index (χ3n) is 4.05. The van der Waals surface area contributed by atoms with Crippen molar-refractivity contribution in [2.45, 2.75) is 50.1 Å². The van der Waals surface area contributed by atoms with Crippen LogP contribution in [0, 0.1) is 0 Å². The van der Waals surface area contributed by atoms with Gasteiger partial charge in [-0.2, -0.15) is 0 Å². The number of carbonyl (C=O) groups excluding carboxylic acids is 1. The summed E-state index contributed by atoms with van der Waals surface area (Å²) in [6.07, 6.45) is 2.44. The SMILES string of the molecule is CCn1c(SCc2cc(C(C)=O)ccc2OC)nnc1C1CC1. The van der Waals surface area contributed by atoms with Gasteiger partial charge in [-0.3, -0.25) is 4.79 Å². The summed E-state index contributed by atoms with van der Waals surface area (Å²) in [6.45, 7) is 4.58. The molecule has 0 aliphatic heterocycles. The molecule has 122 valence electrons. The summed E-state index contributed by atoms with van der Waals surface area (Å²) in [4.78, 5) is 11.6. The number of thioether (sulfide) groups is 1. The van der Waals surface area contributed by atoms with Crippen molar-refractivity contribution in [1.29, 1.82) is 0 Å². The fraction of sp³-hybridized carbons (Fsp3) is 0.471. The number of Topliss-reactive ketones (excluding diaryl/α,β-unsaturated/α-hetero) is 1. The summed E-state index contributed by atoms with van der Waals surface area (Å²) >= 11 is 1.64. The van der Waals surface area contributed by atoms with E-state index in [-0.39, 0.29) is 5.78 Å². The molecule has 0 bridgehead atoms. The van der Waals surface area contributed by atoms with E-state index in [1.54, 1.807) is 31.9 Å². The van der Waals surface area contributed by atoms with Crippen LogP contribution in [0.5, 0.6) is 5.75 Å². The number of hydrogen-bond acceptors (Lipinski definition) is 5. The fourth-order valence-electron chi connectivity index (χ4n) is 2.60. The lowest BCUT2D eigenvalue weighted by Gasteiger charge is -2.10. The molecule has 1 aromatic heterocycles. The molecule has 0 radical (unpaired) electrons. The standard InChI is InChI=1S/C17H21N3O2S/c1-4-20-16(12-5-6-12)18-19-17(20)23-10-14-9-13(11(2)21)7-8-15(14)22-3/h7-9,12H,4-6,10H2,1-3H3. The third-order valence-corrected chi connectivity index (χ3v) is 5.06. The Morgan fingerprint density at radius 3 is 2.78 bits per heavy atom. The van der Waals surface area contributed by atoms with Crippen molar-refractivity contribution in [3.8, 4) is 5.75 Å². The van der Waals surface area contributed by atoms with E-state index >= 15 is 0 Å². The summed E-state index contributed by atoms with van der Waals surface area (Å²) in [7, 11) is 1.65. The Morgan fingerprint density at radius 2 is 2.17 bits per heavy atom. The van der Waals surface area contributed by atoms with E-state index in [0.717, 1.165) is 28.8 Å². The van der Waals surface area contributed by atoms with Crippen molar-refractivity contribution in [2.24, 2.45) is 0 Å². The number of ketones is 1. The van der Waals surface area contributed by atoms with Crippen molar-refractivity contribution in [3.63, 3.8) is 0 Å². The molecule has 6 heteroatoms. The van der Waals surface area contributed by atoms with Crippen molar-refractivity contribution in [3.05, 3.63) is 35.2 Å². The Kier molecular flexibility index (Phi) is 4.71. The molecule has 0 unspecified atom stereocenters. The Balaban J connectivity index is 1.80. The van der Waals surface area contributed by atoms with Crippen LogP contribution in [0.15, 0.2) is 23.4 Å². The maximum atomic E-state index is 11.6. The molecule has 3 rings (SSSR count). The highest BCUT2D eigenvalue weighted by atomic mass is 32.2. The molecule has 23 heavy (non-hydrogen) atoms. The first kappa shape index (κ1) is 16.1. The van der Waals surface area contributed by atoms with Crippen LogP contribution in [-0.2, 0) is 12.3 Å². The van der Waals surface area contributed by atoms with Crippen molar-refractivity contribution < 1.29 is 9.53 Å². The van der Waals surface area contributed by atoms with E-state index in [4.69, 9.17) is 4.74 Å². The van der Waals surface area contributed by atoms with Gasteiger partial charge in [0.1, 0.15) is 11.6 Å². The molecule has 1 aromatic carbocycles. The van der Waals surface area contributed by atoms with Gasteiger partial charge in [-0.1, -0.05) is 11.8 Å². The van der Waals surface area contributed by atoms with Crippen LogP contribution in [0.3, 0.4) is 0 Å². The lowest BCUT2D eigenvalue weighted by molar-refractivity contribution is 0.101. The van der Waals surface area contributed by atoms with Crippen molar-refractivity contribution in [1.82, 2.24) is 14.8 Å². The summed E-state index contributed by atoms with van der Waals surface area (Å²) in [5.74, 6) is 3.26. The van der Waals surface area contributed by atoms with Gasteiger partial charge in [0.15, 0.2) is 10.9 Å². The van der Waals surface area contributed by atoms with Crippen LogP contribution in [0.2, 0.25) is 0 Å². The molecular weight excluding hydrogens is 310 g/mol. The van der Waals surface area contributed by atoms with Crippen LogP contribution < -0.4 is 4.74 Å². The molecule has 1 saturated carbocycles. The predicted molar refractivity (Wildman–Crippen MR) is 90.2 cm³/mol. The molecule has 1 fully saturated rings. The zero-order valence-electron chi connectivity index (χ0n) is 13.7. The maximum absolute atomic E-state index is 11.6. The van der Waals surface area contributed by atoms with Crippen LogP contribution in [0.4, 0.5) is 0 Å². The van der Waals surface area contributed by atoms with E-state index in [2.05, 4.69) is 21.7 Å². The minimum atomic E-state index is 0.0617. The number of ether oxygens (including phenoxy) is 1.